The molecule has 1 aromatic carbocycles. The number of dihydropyridines is 1. The van der Waals surface area contributed by atoms with E-state index in [1.807, 2.05) is 0 Å². The van der Waals surface area contributed by atoms with Crippen LogP contribution < -0.4 is 10.6 Å². The Morgan fingerprint density at radius 3 is 2.12 bits per heavy atom. The van der Waals surface area contributed by atoms with E-state index in [4.69, 9.17) is 14.2 Å². The predicted molar refractivity (Wildman–Crippen MR) is 149 cm³/mol. The number of amides is 1. The molecule has 1 amide bonds. The monoisotopic (exact) mass is 573 g/mol. The lowest BCUT2D eigenvalue weighted by molar-refractivity contribution is -0.384. The number of hydrogen-bond acceptors (Lipinski definition) is 10. The van der Waals surface area contributed by atoms with Crippen molar-refractivity contribution in [1.82, 2.24) is 10.6 Å². The zero-order chi connectivity index (χ0) is 31.3. The third-order valence-electron chi connectivity index (χ3n) is 5.88. The van der Waals surface area contributed by atoms with Crippen LogP contribution in [0.25, 0.3) is 0 Å². The van der Waals surface area contributed by atoms with Gasteiger partial charge < -0.3 is 24.8 Å². The third kappa shape index (κ3) is 9.16. The van der Waals surface area contributed by atoms with Crippen LogP contribution >= 0.6 is 0 Å². The van der Waals surface area contributed by atoms with Gasteiger partial charge in [-0.15, -0.1) is 0 Å². The van der Waals surface area contributed by atoms with Crippen LogP contribution in [0.15, 0.2) is 46.8 Å². The van der Waals surface area contributed by atoms with Gasteiger partial charge >= 0.3 is 17.9 Å². The van der Waals surface area contributed by atoms with Gasteiger partial charge in [-0.3, -0.25) is 19.7 Å². The largest absolute Gasteiger partial charge is 0.466 e. The first-order valence-corrected chi connectivity index (χ1v) is 13.1. The Balaban J connectivity index is 2.54. The topological polar surface area (TPSA) is 163 Å². The molecular weight excluding hydrogens is 534 g/mol. The van der Waals surface area contributed by atoms with Crippen LogP contribution in [0, 0.1) is 10.1 Å². The summed E-state index contributed by atoms with van der Waals surface area (Å²) in [6.07, 6.45) is -0.298. The highest BCUT2D eigenvalue weighted by atomic mass is 16.6. The van der Waals surface area contributed by atoms with Gasteiger partial charge in [0.15, 0.2) is 0 Å². The van der Waals surface area contributed by atoms with E-state index in [2.05, 4.69) is 10.6 Å². The van der Waals surface area contributed by atoms with Gasteiger partial charge in [-0.1, -0.05) is 12.1 Å². The van der Waals surface area contributed by atoms with Crippen LogP contribution in [0.2, 0.25) is 0 Å². The van der Waals surface area contributed by atoms with Crippen LogP contribution in [0.5, 0.6) is 0 Å². The van der Waals surface area contributed by atoms with Crippen LogP contribution in [-0.4, -0.2) is 53.1 Å². The number of benzene rings is 1. The van der Waals surface area contributed by atoms with Crippen molar-refractivity contribution in [2.24, 2.45) is 0 Å². The van der Waals surface area contributed by atoms with Gasteiger partial charge in [-0.25, -0.2) is 9.59 Å². The van der Waals surface area contributed by atoms with E-state index in [9.17, 15) is 29.3 Å². The van der Waals surface area contributed by atoms with Gasteiger partial charge in [-0.05, 0) is 67.4 Å². The van der Waals surface area contributed by atoms with Crippen molar-refractivity contribution >= 4 is 29.5 Å². The van der Waals surface area contributed by atoms with Gasteiger partial charge in [0.25, 0.3) is 11.6 Å². The molecule has 224 valence electrons. The summed E-state index contributed by atoms with van der Waals surface area (Å²) >= 11 is 0. The van der Waals surface area contributed by atoms with E-state index in [1.54, 1.807) is 61.5 Å². The summed E-state index contributed by atoms with van der Waals surface area (Å²) in [5.74, 6) is -3.86. The summed E-state index contributed by atoms with van der Waals surface area (Å²) in [5.41, 5.74) is -0.672. The molecule has 1 heterocycles. The van der Waals surface area contributed by atoms with Crippen molar-refractivity contribution < 1.29 is 38.3 Å². The van der Waals surface area contributed by atoms with E-state index >= 15 is 0 Å². The van der Waals surface area contributed by atoms with Crippen molar-refractivity contribution in [2.75, 3.05) is 7.11 Å². The standard InChI is InChI=1S/C29H39N3O9/c1-16-22(24(23(17(2)30-16)27(36)39-9)18-11-10-12-19(15-18)32(37)38)25(34)31-20(26(35)41-29(6,7)8)13-14-21(33)40-28(3,4)5/h10-12,15,20,24,30H,13-14H2,1-9H3,(H,31,34)/t20-,24+/m0/s1. The Labute approximate surface area is 239 Å². The number of nitrogens with zero attached hydrogens (tertiary/aromatic N) is 1. The Hall–Kier alpha value is -4.22. The van der Waals surface area contributed by atoms with Gasteiger partial charge in [0, 0.05) is 35.5 Å². The Bertz CT molecular complexity index is 1280. The Morgan fingerprint density at radius 1 is 1.00 bits per heavy atom. The maximum absolute atomic E-state index is 13.9. The summed E-state index contributed by atoms with van der Waals surface area (Å²) in [6.45, 7) is 13.4. The molecule has 2 N–H and O–H groups in total. The number of ether oxygens (including phenoxy) is 3. The first-order valence-electron chi connectivity index (χ1n) is 13.1. The summed E-state index contributed by atoms with van der Waals surface area (Å²) in [4.78, 5) is 63.2. The van der Waals surface area contributed by atoms with E-state index in [0.717, 1.165) is 0 Å². The fourth-order valence-corrected chi connectivity index (χ4v) is 4.34. The zero-order valence-electron chi connectivity index (χ0n) is 25.0. The summed E-state index contributed by atoms with van der Waals surface area (Å²) < 4.78 is 15.8. The third-order valence-corrected chi connectivity index (χ3v) is 5.88. The lowest BCUT2D eigenvalue weighted by Gasteiger charge is -2.32. The van der Waals surface area contributed by atoms with Gasteiger partial charge in [0.2, 0.25) is 0 Å². The molecule has 12 heteroatoms. The van der Waals surface area contributed by atoms with Gasteiger partial charge in [0.1, 0.15) is 17.2 Å². The molecule has 0 radical (unpaired) electrons. The molecule has 0 bridgehead atoms. The molecule has 0 unspecified atom stereocenters. The maximum Gasteiger partial charge on any atom is 0.336 e. The van der Waals surface area contributed by atoms with E-state index in [-0.39, 0.29) is 29.7 Å². The predicted octanol–water partition coefficient (Wildman–Crippen LogP) is 3.95. The molecule has 2 atom stereocenters. The van der Waals surface area contributed by atoms with Crippen LogP contribution in [0.4, 0.5) is 5.69 Å². The average molecular weight is 574 g/mol. The van der Waals surface area contributed by atoms with Crippen molar-refractivity contribution in [3.05, 3.63) is 62.5 Å². The van der Waals surface area contributed by atoms with Crippen molar-refractivity contribution in [3.63, 3.8) is 0 Å². The van der Waals surface area contributed by atoms with Gasteiger partial charge in [-0.2, -0.15) is 0 Å². The summed E-state index contributed by atoms with van der Waals surface area (Å²) in [7, 11) is 1.19. The lowest BCUT2D eigenvalue weighted by atomic mass is 9.79. The molecule has 0 aliphatic carbocycles. The number of carbonyl (C=O) groups is 4. The first kappa shape index (κ1) is 33.0. The number of esters is 3. The second kappa shape index (κ2) is 13.0. The molecule has 1 aliphatic rings. The summed E-state index contributed by atoms with van der Waals surface area (Å²) in [5, 5.41) is 17.2. The average Bonchev–Trinajstić information content (AvgIpc) is 2.83. The highest BCUT2D eigenvalue weighted by Crippen LogP contribution is 2.39. The minimum absolute atomic E-state index is 0.0438. The van der Waals surface area contributed by atoms with Crippen LogP contribution in [-0.2, 0) is 33.4 Å². The Morgan fingerprint density at radius 2 is 1.59 bits per heavy atom. The summed E-state index contributed by atoms with van der Waals surface area (Å²) in [6, 6.07) is 4.35. The highest BCUT2D eigenvalue weighted by molar-refractivity contribution is 6.03. The second-order valence-corrected chi connectivity index (χ2v) is 11.7. The SMILES string of the molecule is COC(=O)C1=C(C)NC(C)=C(C(=O)N[C@@H](CCC(=O)OC(C)(C)C)C(=O)OC(C)(C)C)[C@H]1c1cccc([N+](=O)[O-])c1. The van der Waals surface area contributed by atoms with Crippen LogP contribution in [0.3, 0.4) is 0 Å². The molecule has 1 aliphatic heterocycles. The zero-order valence-corrected chi connectivity index (χ0v) is 25.0. The highest BCUT2D eigenvalue weighted by Gasteiger charge is 2.39. The lowest BCUT2D eigenvalue weighted by Crippen LogP contribution is -2.47. The van der Waals surface area contributed by atoms with E-state index < -0.39 is 51.9 Å². The molecule has 0 fully saturated rings. The number of non-ortho nitro benzene ring substituents is 1. The normalized spacial score (nSPS) is 16.4. The molecule has 41 heavy (non-hydrogen) atoms. The van der Waals surface area contributed by atoms with E-state index in [1.165, 1.54) is 25.3 Å². The van der Waals surface area contributed by atoms with Crippen molar-refractivity contribution in [3.8, 4) is 0 Å². The first-order chi connectivity index (χ1) is 18.8. The number of nitrogens with one attached hydrogen (secondary N) is 2. The van der Waals surface area contributed by atoms with Crippen LogP contribution in [0.1, 0.15) is 79.7 Å². The number of methoxy groups -OCH3 is 1. The number of carbonyl (C=O) groups excluding carboxylic acids is 4. The van der Waals surface area contributed by atoms with Crippen molar-refractivity contribution in [2.45, 2.75) is 91.4 Å². The second-order valence-electron chi connectivity index (χ2n) is 11.7. The van der Waals surface area contributed by atoms with Crippen molar-refractivity contribution in [1.29, 1.82) is 0 Å². The molecule has 12 nitrogen and oxygen atoms in total. The molecule has 1 aromatic rings. The number of hydrogen-bond donors (Lipinski definition) is 2. The van der Waals surface area contributed by atoms with E-state index in [0.29, 0.717) is 17.0 Å². The molecule has 0 saturated heterocycles. The minimum atomic E-state index is -1.24. The maximum atomic E-state index is 13.9. The molecule has 0 spiro atoms. The quantitative estimate of drug-likeness (QED) is 0.191. The molecule has 2 rings (SSSR count). The number of nitro groups is 1. The Kier molecular flexibility index (Phi) is 10.4. The minimum Gasteiger partial charge on any atom is -0.466 e. The van der Waals surface area contributed by atoms with Gasteiger partial charge in [0.05, 0.1) is 23.5 Å². The molecule has 0 saturated carbocycles. The number of nitro benzene ring substituents is 1. The molecule has 0 aromatic heterocycles. The fourth-order valence-electron chi connectivity index (χ4n) is 4.34. The smallest absolute Gasteiger partial charge is 0.336 e. The molecular formula is C29H39N3O9. The number of allylic oxidation sites excluding steroid dienone is 2. The fraction of sp³-hybridized carbons (Fsp3) is 0.517. The number of rotatable bonds is 9.